The molecule has 0 aliphatic carbocycles. The predicted molar refractivity (Wildman–Crippen MR) is 136 cm³/mol. The number of hydrogen-bond donors (Lipinski definition) is 0. The van der Waals surface area contributed by atoms with Crippen LogP contribution in [-0.2, 0) is 12.8 Å². The quantitative estimate of drug-likeness (QED) is 0.171. The smallest absolute Gasteiger partial charge is 0.132 e. The molecule has 0 bridgehead atoms. The molecule has 2 aromatic rings. The molecule has 28 heavy (non-hydrogen) atoms. The first kappa shape index (κ1) is 23.8. The highest BCUT2D eigenvalue weighted by Crippen LogP contribution is 2.24. The third kappa shape index (κ3) is 8.47. The SMILES string of the molecule is COc1ccc(CCCCCCCCCCc2ccc(OC)c(I)c2)cc1I. The van der Waals surface area contributed by atoms with Gasteiger partial charge < -0.3 is 9.47 Å². The number of benzene rings is 2. The molecule has 0 atom stereocenters. The lowest BCUT2D eigenvalue weighted by Gasteiger charge is -2.07. The lowest BCUT2D eigenvalue weighted by atomic mass is 10.0. The molecule has 154 valence electrons. The van der Waals surface area contributed by atoms with E-state index < -0.39 is 0 Å². The predicted octanol–water partition coefficient (Wildman–Crippen LogP) is 7.82. The fraction of sp³-hybridized carbons (Fsp3) is 0.500. The molecule has 0 aromatic heterocycles. The maximum Gasteiger partial charge on any atom is 0.132 e. The molecule has 0 heterocycles. The summed E-state index contributed by atoms with van der Waals surface area (Å²) in [6.07, 6.45) is 13.1. The van der Waals surface area contributed by atoms with Crippen molar-refractivity contribution in [3.8, 4) is 11.5 Å². The number of halogens is 2. The van der Waals surface area contributed by atoms with E-state index in [2.05, 4.69) is 81.6 Å². The van der Waals surface area contributed by atoms with Gasteiger partial charge in [0, 0.05) is 0 Å². The molecule has 2 rings (SSSR count). The Balaban J connectivity index is 1.47. The van der Waals surface area contributed by atoms with E-state index in [0.29, 0.717) is 0 Å². The van der Waals surface area contributed by atoms with E-state index in [1.807, 2.05) is 0 Å². The molecule has 0 radical (unpaired) electrons. The van der Waals surface area contributed by atoms with Crippen LogP contribution in [0.5, 0.6) is 11.5 Å². The fourth-order valence-electron chi connectivity index (χ4n) is 3.45. The summed E-state index contributed by atoms with van der Waals surface area (Å²) in [4.78, 5) is 0. The van der Waals surface area contributed by atoms with E-state index in [1.54, 1.807) is 14.2 Å². The first-order valence-corrected chi connectivity index (χ1v) is 12.4. The lowest BCUT2D eigenvalue weighted by Crippen LogP contribution is -1.91. The second-order valence-corrected chi connectivity index (χ2v) is 9.59. The van der Waals surface area contributed by atoms with Crippen LogP contribution in [0.4, 0.5) is 0 Å². The number of aryl methyl sites for hydroxylation is 2. The van der Waals surface area contributed by atoms with Gasteiger partial charge in [0.25, 0.3) is 0 Å². The van der Waals surface area contributed by atoms with E-state index in [-0.39, 0.29) is 0 Å². The first-order valence-electron chi connectivity index (χ1n) is 10.3. The van der Waals surface area contributed by atoms with Gasteiger partial charge in [-0.3, -0.25) is 0 Å². The summed E-state index contributed by atoms with van der Waals surface area (Å²) in [7, 11) is 3.47. The average Bonchev–Trinajstić information content (AvgIpc) is 2.69. The van der Waals surface area contributed by atoms with Crippen molar-refractivity contribution < 1.29 is 9.47 Å². The summed E-state index contributed by atoms with van der Waals surface area (Å²) in [5, 5.41) is 0. The van der Waals surface area contributed by atoms with Gasteiger partial charge in [0.15, 0.2) is 0 Å². The molecule has 0 saturated carbocycles. The van der Waals surface area contributed by atoms with Gasteiger partial charge in [-0.1, -0.05) is 50.7 Å². The summed E-state index contributed by atoms with van der Waals surface area (Å²) < 4.78 is 13.1. The third-order valence-electron chi connectivity index (χ3n) is 5.11. The number of methoxy groups -OCH3 is 2. The largest absolute Gasteiger partial charge is 0.496 e. The first-order chi connectivity index (χ1) is 13.6. The van der Waals surface area contributed by atoms with Gasteiger partial charge in [0.1, 0.15) is 11.5 Å². The number of rotatable bonds is 13. The van der Waals surface area contributed by atoms with Gasteiger partial charge in [-0.25, -0.2) is 0 Å². The maximum absolute atomic E-state index is 5.32. The normalized spacial score (nSPS) is 10.9. The van der Waals surface area contributed by atoms with Crippen molar-refractivity contribution in [2.45, 2.75) is 64.2 Å². The van der Waals surface area contributed by atoms with Gasteiger partial charge in [-0.15, -0.1) is 0 Å². The number of hydrogen-bond acceptors (Lipinski definition) is 2. The third-order valence-corrected chi connectivity index (χ3v) is 6.80. The zero-order chi connectivity index (χ0) is 20.2. The van der Waals surface area contributed by atoms with Gasteiger partial charge in [0.05, 0.1) is 21.4 Å². The van der Waals surface area contributed by atoms with E-state index in [0.717, 1.165) is 11.5 Å². The summed E-state index contributed by atoms with van der Waals surface area (Å²) in [6.45, 7) is 0. The summed E-state index contributed by atoms with van der Waals surface area (Å²) in [5.41, 5.74) is 2.86. The van der Waals surface area contributed by atoms with E-state index >= 15 is 0 Å². The molecule has 0 N–H and O–H groups in total. The molecule has 4 heteroatoms. The van der Waals surface area contributed by atoms with Crippen LogP contribution in [-0.4, -0.2) is 14.2 Å². The van der Waals surface area contributed by atoms with Gasteiger partial charge in [-0.05, 0) is 106 Å². The second-order valence-electron chi connectivity index (χ2n) is 7.27. The standard InChI is InChI=1S/C24H32I2O2/c1-27-23-15-13-19(17-21(23)25)11-9-7-5-3-4-6-8-10-12-20-14-16-24(28-2)22(26)18-20/h13-18H,3-12H2,1-2H3. The molecule has 0 spiro atoms. The molecule has 0 unspecified atom stereocenters. The zero-order valence-electron chi connectivity index (χ0n) is 17.1. The van der Waals surface area contributed by atoms with Crippen molar-refractivity contribution in [1.29, 1.82) is 0 Å². The molecular formula is C24H32I2O2. The van der Waals surface area contributed by atoms with E-state index in [9.17, 15) is 0 Å². The second kappa shape index (κ2) is 13.7. The van der Waals surface area contributed by atoms with Crippen LogP contribution in [0.3, 0.4) is 0 Å². The summed E-state index contributed by atoms with van der Waals surface area (Å²) in [6, 6.07) is 13.1. The van der Waals surface area contributed by atoms with Crippen LogP contribution in [0, 0.1) is 7.14 Å². The van der Waals surface area contributed by atoms with Gasteiger partial charge >= 0.3 is 0 Å². The molecule has 2 nitrogen and oxygen atoms in total. The molecular weight excluding hydrogens is 574 g/mol. The Morgan fingerprint density at radius 2 is 0.929 bits per heavy atom. The van der Waals surface area contributed by atoms with Crippen molar-refractivity contribution in [3.05, 3.63) is 54.7 Å². The Labute approximate surface area is 198 Å². The molecule has 0 saturated heterocycles. The van der Waals surface area contributed by atoms with Gasteiger partial charge in [-0.2, -0.15) is 0 Å². The zero-order valence-corrected chi connectivity index (χ0v) is 21.4. The Bertz CT molecular complexity index is 654. The highest BCUT2D eigenvalue weighted by molar-refractivity contribution is 14.1. The minimum atomic E-state index is 0.978. The molecule has 0 aliphatic heterocycles. The van der Waals surface area contributed by atoms with Crippen molar-refractivity contribution in [3.63, 3.8) is 0 Å². The van der Waals surface area contributed by atoms with Crippen LogP contribution in [0.15, 0.2) is 36.4 Å². The molecule has 0 aliphatic rings. The van der Waals surface area contributed by atoms with Crippen molar-refractivity contribution in [2.24, 2.45) is 0 Å². The monoisotopic (exact) mass is 606 g/mol. The lowest BCUT2D eigenvalue weighted by molar-refractivity contribution is 0.411. The van der Waals surface area contributed by atoms with Crippen LogP contribution in [0.2, 0.25) is 0 Å². The van der Waals surface area contributed by atoms with Crippen molar-refractivity contribution >= 4 is 45.2 Å². The minimum Gasteiger partial charge on any atom is -0.496 e. The molecule has 0 fully saturated rings. The highest BCUT2D eigenvalue weighted by atomic mass is 127. The van der Waals surface area contributed by atoms with Gasteiger partial charge in [0.2, 0.25) is 0 Å². The summed E-state index contributed by atoms with van der Waals surface area (Å²) >= 11 is 4.71. The molecule has 2 aromatic carbocycles. The molecule has 0 amide bonds. The highest BCUT2D eigenvalue weighted by Gasteiger charge is 2.02. The van der Waals surface area contributed by atoms with Crippen LogP contribution in [0.25, 0.3) is 0 Å². The average molecular weight is 606 g/mol. The topological polar surface area (TPSA) is 18.5 Å². The Morgan fingerprint density at radius 1 is 0.571 bits per heavy atom. The van der Waals surface area contributed by atoms with Crippen LogP contribution in [0.1, 0.15) is 62.5 Å². The fourth-order valence-corrected chi connectivity index (χ4v) is 5.05. The maximum atomic E-state index is 5.32. The Kier molecular flexibility index (Phi) is 11.6. The summed E-state index contributed by atoms with van der Waals surface area (Å²) in [5.74, 6) is 1.96. The number of ether oxygens (including phenoxy) is 2. The van der Waals surface area contributed by atoms with Crippen LogP contribution >= 0.6 is 45.2 Å². The number of unbranched alkanes of at least 4 members (excludes halogenated alkanes) is 7. The Hall–Kier alpha value is -0.500. The van der Waals surface area contributed by atoms with Crippen molar-refractivity contribution in [2.75, 3.05) is 14.2 Å². The van der Waals surface area contributed by atoms with Crippen LogP contribution < -0.4 is 9.47 Å². The van der Waals surface area contributed by atoms with Crippen molar-refractivity contribution in [1.82, 2.24) is 0 Å². The minimum absolute atomic E-state index is 0.978. The van der Waals surface area contributed by atoms with E-state index in [4.69, 9.17) is 9.47 Å². The van der Waals surface area contributed by atoms with E-state index in [1.165, 1.54) is 82.5 Å². The Morgan fingerprint density at radius 3 is 1.25 bits per heavy atom.